The molecule has 2 aromatic carbocycles. The van der Waals surface area contributed by atoms with Crippen molar-refractivity contribution in [2.45, 2.75) is 58.3 Å². The normalized spacial score (nSPS) is 14.5. The number of unbranched alkanes of at least 4 members (excludes halogenated alkanes) is 1. The maximum Gasteiger partial charge on any atom is 0.197 e. The van der Waals surface area contributed by atoms with Crippen LogP contribution in [0.5, 0.6) is 5.75 Å². The molecular formula is C26H30O3. The Balaban J connectivity index is 1.49. The third kappa shape index (κ3) is 4.55. The number of benzene rings is 2. The zero-order chi connectivity index (χ0) is 20.1. The van der Waals surface area contributed by atoms with Gasteiger partial charge in [0, 0.05) is 17.4 Å². The Morgan fingerprint density at radius 1 is 1.07 bits per heavy atom. The third-order valence-electron chi connectivity index (χ3n) is 6.04. The summed E-state index contributed by atoms with van der Waals surface area (Å²) in [5.41, 5.74) is 2.18. The third-order valence-corrected chi connectivity index (χ3v) is 6.04. The first-order valence-electron chi connectivity index (χ1n) is 11.0. The van der Waals surface area contributed by atoms with Crippen molar-refractivity contribution < 1.29 is 13.9 Å². The van der Waals surface area contributed by atoms with Gasteiger partial charge in [0.2, 0.25) is 0 Å². The number of ether oxygens (including phenoxy) is 1. The van der Waals surface area contributed by atoms with E-state index in [9.17, 15) is 4.79 Å². The van der Waals surface area contributed by atoms with Crippen molar-refractivity contribution in [2.24, 2.45) is 5.92 Å². The Bertz CT molecular complexity index is 946. The van der Waals surface area contributed by atoms with E-state index in [0.29, 0.717) is 11.1 Å². The van der Waals surface area contributed by atoms with Crippen LogP contribution in [0, 0.1) is 5.92 Å². The number of hydrogen-bond donors (Lipinski definition) is 0. The molecule has 1 fully saturated rings. The first kappa shape index (κ1) is 19.8. The number of rotatable bonds is 9. The molecule has 4 rings (SSSR count). The lowest BCUT2D eigenvalue weighted by Gasteiger charge is -2.11. The van der Waals surface area contributed by atoms with Crippen LogP contribution in [-0.4, -0.2) is 12.4 Å². The molecule has 0 saturated heterocycles. The highest BCUT2D eigenvalue weighted by atomic mass is 16.5. The lowest BCUT2D eigenvalue weighted by Crippen LogP contribution is -2.05. The summed E-state index contributed by atoms with van der Waals surface area (Å²) >= 11 is 0. The van der Waals surface area contributed by atoms with Gasteiger partial charge < -0.3 is 9.15 Å². The molecule has 3 nitrogen and oxygen atoms in total. The number of carbonyl (C=O) groups excluding carboxylic acids is 1. The second kappa shape index (κ2) is 9.30. The van der Waals surface area contributed by atoms with Gasteiger partial charge in [-0.2, -0.15) is 0 Å². The molecular weight excluding hydrogens is 360 g/mol. The molecule has 1 aliphatic rings. The van der Waals surface area contributed by atoms with Gasteiger partial charge in [-0.25, -0.2) is 0 Å². The van der Waals surface area contributed by atoms with Gasteiger partial charge in [-0.1, -0.05) is 57.2 Å². The quantitative estimate of drug-likeness (QED) is 0.371. The first-order valence-corrected chi connectivity index (χ1v) is 11.0. The van der Waals surface area contributed by atoms with Crippen molar-refractivity contribution in [1.82, 2.24) is 0 Å². The molecule has 0 atom stereocenters. The molecule has 1 aliphatic carbocycles. The molecule has 0 N–H and O–H groups in total. The Hall–Kier alpha value is -2.55. The predicted molar refractivity (Wildman–Crippen MR) is 117 cm³/mol. The predicted octanol–water partition coefficient (Wildman–Crippen LogP) is 6.97. The topological polar surface area (TPSA) is 39.4 Å². The fourth-order valence-corrected chi connectivity index (χ4v) is 4.35. The number of hydrogen-bond acceptors (Lipinski definition) is 3. The zero-order valence-corrected chi connectivity index (χ0v) is 17.3. The number of carbonyl (C=O) groups is 1. The van der Waals surface area contributed by atoms with E-state index in [1.807, 2.05) is 48.5 Å². The highest BCUT2D eigenvalue weighted by Crippen LogP contribution is 2.30. The molecule has 0 unspecified atom stereocenters. The average Bonchev–Trinajstić information content (AvgIpc) is 3.39. The van der Waals surface area contributed by atoms with Crippen LogP contribution in [0.1, 0.15) is 73.6 Å². The summed E-state index contributed by atoms with van der Waals surface area (Å²) in [4.78, 5) is 13.3. The van der Waals surface area contributed by atoms with Gasteiger partial charge in [-0.05, 0) is 49.1 Å². The molecule has 29 heavy (non-hydrogen) atoms. The fourth-order valence-electron chi connectivity index (χ4n) is 4.35. The maximum absolute atomic E-state index is 13.3. The summed E-state index contributed by atoms with van der Waals surface area (Å²) in [6, 6.07) is 15.4. The van der Waals surface area contributed by atoms with Crippen LogP contribution in [0.3, 0.4) is 0 Å². The summed E-state index contributed by atoms with van der Waals surface area (Å²) < 4.78 is 11.9. The Morgan fingerprint density at radius 2 is 1.83 bits per heavy atom. The number of ketones is 1. The molecule has 0 radical (unpaired) electrons. The van der Waals surface area contributed by atoms with Crippen LogP contribution < -0.4 is 4.74 Å². The van der Waals surface area contributed by atoms with E-state index >= 15 is 0 Å². The smallest absolute Gasteiger partial charge is 0.197 e. The zero-order valence-electron chi connectivity index (χ0n) is 17.3. The van der Waals surface area contributed by atoms with Gasteiger partial charge in [0.1, 0.15) is 17.1 Å². The molecule has 152 valence electrons. The monoisotopic (exact) mass is 390 g/mol. The van der Waals surface area contributed by atoms with Gasteiger partial charge >= 0.3 is 0 Å². The molecule has 0 bridgehead atoms. The van der Waals surface area contributed by atoms with Crippen LogP contribution in [0.15, 0.2) is 52.9 Å². The molecule has 1 aromatic heterocycles. The van der Waals surface area contributed by atoms with Crippen molar-refractivity contribution in [1.29, 1.82) is 0 Å². The van der Waals surface area contributed by atoms with Crippen molar-refractivity contribution in [3.05, 3.63) is 65.4 Å². The van der Waals surface area contributed by atoms with Crippen LogP contribution in [-0.2, 0) is 6.42 Å². The first-order chi connectivity index (χ1) is 14.3. The SMILES string of the molecule is CCCCc1oc2ccccc2c1C(=O)c1ccc(OCCC2CCCC2)cc1. The summed E-state index contributed by atoms with van der Waals surface area (Å²) in [6.07, 6.45) is 9.41. The van der Waals surface area contributed by atoms with E-state index in [0.717, 1.165) is 60.7 Å². The maximum atomic E-state index is 13.3. The number of furan rings is 1. The minimum absolute atomic E-state index is 0.0264. The average molecular weight is 391 g/mol. The number of fused-ring (bicyclic) bond motifs is 1. The summed E-state index contributed by atoms with van der Waals surface area (Å²) in [5, 5.41) is 0.903. The highest BCUT2D eigenvalue weighted by molar-refractivity contribution is 6.16. The fraction of sp³-hybridized carbons (Fsp3) is 0.423. The standard InChI is InChI=1S/C26H30O3/c1-2-3-11-24-25(22-10-6-7-12-23(22)29-24)26(27)20-13-15-21(16-14-20)28-18-17-19-8-4-5-9-19/h6-7,10,12-16,19H,2-5,8-9,11,17-18H2,1H3. The Morgan fingerprint density at radius 3 is 2.59 bits per heavy atom. The number of para-hydroxylation sites is 1. The largest absolute Gasteiger partial charge is 0.494 e. The lowest BCUT2D eigenvalue weighted by molar-refractivity contribution is 0.103. The minimum atomic E-state index is 0.0264. The van der Waals surface area contributed by atoms with E-state index in [-0.39, 0.29) is 5.78 Å². The van der Waals surface area contributed by atoms with Crippen LogP contribution in [0.4, 0.5) is 0 Å². The lowest BCUT2D eigenvalue weighted by atomic mass is 9.98. The van der Waals surface area contributed by atoms with E-state index in [1.54, 1.807) is 0 Å². The van der Waals surface area contributed by atoms with Gasteiger partial charge in [-0.15, -0.1) is 0 Å². The minimum Gasteiger partial charge on any atom is -0.494 e. The molecule has 0 amide bonds. The highest BCUT2D eigenvalue weighted by Gasteiger charge is 2.21. The molecule has 1 saturated carbocycles. The van der Waals surface area contributed by atoms with Crippen molar-refractivity contribution >= 4 is 16.8 Å². The number of aryl methyl sites for hydroxylation is 1. The van der Waals surface area contributed by atoms with Crippen molar-refractivity contribution in [2.75, 3.05) is 6.61 Å². The summed E-state index contributed by atoms with van der Waals surface area (Å²) in [5.74, 6) is 2.49. The molecule has 3 heteroatoms. The second-order valence-corrected chi connectivity index (χ2v) is 8.14. The van der Waals surface area contributed by atoms with E-state index in [1.165, 1.54) is 25.7 Å². The van der Waals surface area contributed by atoms with Crippen LogP contribution >= 0.6 is 0 Å². The Labute approximate surface area is 173 Å². The summed E-state index contributed by atoms with van der Waals surface area (Å²) in [6.45, 7) is 2.90. The molecule has 0 spiro atoms. The van der Waals surface area contributed by atoms with Crippen molar-refractivity contribution in [3.8, 4) is 5.75 Å². The molecule has 3 aromatic rings. The van der Waals surface area contributed by atoms with Gasteiger partial charge in [0.15, 0.2) is 5.78 Å². The molecule has 1 heterocycles. The summed E-state index contributed by atoms with van der Waals surface area (Å²) in [7, 11) is 0. The van der Waals surface area contributed by atoms with Gasteiger partial charge in [0.05, 0.1) is 12.2 Å². The van der Waals surface area contributed by atoms with Crippen LogP contribution in [0.2, 0.25) is 0 Å². The van der Waals surface area contributed by atoms with Crippen molar-refractivity contribution in [3.63, 3.8) is 0 Å². The van der Waals surface area contributed by atoms with Crippen LogP contribution in [0.25, 0.3) is 11.0 Å². The van der Waals surface area contributed by atoms with E-state index in [2.05, 4.69) is 6.92 Å². The second-order valence-electron chi connectivity index (χ2n) is 8.14. The Kier molecular flexibility index (Phi) is 6.33. The van der Waals surface area contributed by atoms with E-state index in [4.69, 9.17) is 9.15 Å². The molecule has 0 aliphatic heterocycles. The van der Waals surface area contributed by atoms with Gasteiger partial charge in [0.25, 0.3) is 0 Å². The van der Waals surface area contributed by atoms with Gasteiger partial charge in [-0.3, -0.25) is 4.79 Å². The van der Waals surface area contributed by atoms with E-state index < -0.39 is 0 Å².